The summed E-state index contributed by atoms with van der Waals surface area (Å²) >= 11 is 0. The van der Waals surface area contributed by atoms with Crippen LogP contribution in [0.3, 0.4) is 0 Å². The number of aromatic nitrogens is 2. The molecule has 8 heteroatoms. The maximum atomic E-state index is 13.3. The van der Waals surface area contributed by atoms with Crippen LogP contribution in [0, 0.1) is 0 Å². The van der Waals surface area contributed by atoms with E-state index in [9.17, 15) is 9.59 Å². The van der Waals surface area contributed by atoms with Crippen molar-refractivity contribution < 1.29 is 9.53 Å². The van der Waals surface area contributed by atoms with Gasteiger partial charge in [0.25, 0.3) is 11.5 Å². The number of amides is 1. The van der Waals surface area contributed by atoms with E-state index in [1.54, 1.807) is 36.4 Å². The highest BCUT2D eigenvalue weighted by Gasteiger charge is 2.16. The molecule has 1 heterocycles. The number of benzene rings is 2. The van der Waals surface area contributed by atoms with Gasteiger partial charge >= 0.3 is 0 Å². The number of rotatable bonds is 9. The summed E-state index contributed by atoms with van der Waals surface area (Å²) in [7, 11) is 3.90. The SMILES string of the molecule is CC(C)Oc1cnn(-c2ccccc2)c(=O)c1Nc1cccc(C(=O)NCCN(C)C)c1. The van der Waals surface area contributed by atoms with Crippen molar-refractivity contribution in [3.63, 3.8) is 0 Å². The molecule has 8 nitrogen and oxygen atoms in total. The Morgan fingerprint density at radius 2 is 1.88 bits per heavy atom. The Balaban J connectivity index is 1.92. The molecule has 0 radical (unpaired) electrons. The second-order valence-electron chi connectivity index (χ2n) is 7.87. The van der Waals surface area contributed by atoms with Crippen molar-refractivity contribution in [1.82, 2.24) is 20.0 Å². The van der Waals surface area contributed by atoms with Gasteiger partial charge in [0.15, 0.2) is 11.4 Å². The molecular formula is C24H29N5O3. The number of nitrogens with zero attached hydrogens (tertiary/aromatic N) is 3. The van der Waals surface area contributed by atoms with E-state index in [4.69, 9.17) is 4.74 Å². The number of anilines is 2. The normalized spacial score (nSPS) is 10.9. The molecule has 0 spiro atoms. The zero-order chi connectivity index (χ0) is 23.1. The van der Waals surface area contributed by atoms with E-state index in [1.807, 2.05) is 51.0 Å². The molecule has 1 amide bonds. The van der Waals surface area contributed by atoms with Gasteiger partial charge in [0.1, 0.15) is 0 Å². The molecule has 0 saturated carbocycles. The van der Waals surface area contributed by atoms with Gasteiger partial charge in [0.05, 0.1) is 18.0 Å². The third-order valence-electron chi connectivity index (χ3n) is 4.55. The highest BCUT2D eigenvalue weighted by atomic mass is 16.5. The lowest BCUT2D eigenvalue weighted by atomic mass is 10.2. The van der Waals surface area contributed by atoms with E-state index in [0.29, 0.717) is 29.2 Å². The van der Waals surface area contributed by atoms with Crippen molar-refractivity contribution in [2.45, 2.75) is 20.0 Å². The van der Waals surface area contributed by atoms with Gasteiger partial charge in [-0.25, -0.2) is 0 Å². The fourth-order valence-corrected chi connectivity index (χ4v) is 3.03. The van der Waals surface area contributed by atoms with Crippen LogP contribution in [0.5, 0.6) is 5.75 Å². The Hall–Kier alpha value is -3.65. The minimum Gasteiger partial charge on any atom is -0.487 e. The van der Waals surface area contributed by atoms with Crippen LogP contribution in [0.25, 0.3) is 5.69 Å². The first kappa shape index (κ1) is 23.0. The van der Waals surface area contributed by atoms with E-state index >= 15 is 0 Å². The average Bonchev–Trinajstić information content (AvgIpc) is 2.76. The first-order valence-corrected chi connectivity index (χ1v) is 10.5. The smallest absolute Gasteiger partial charge is 0.299 e. The average molecular weight is 436 g/mol. The number of nitrogens with one attached hydrogen (secondary N) is 2. The molecule has 0 fully saturated rings. The van der Waals surface area contributed by atoms with Gasteiger partial charge in [-0.15, -0.1) is 0 Å². The molecule has 168 valence electrons. The second kappa shape index (κ2) is 10.6. The molecule has 0 saturated heterocycles. The quantitative estimate of drug-likeness (QED) is 0.537. The van der Waals surface area contributed by atoms with Crippen LogP contribution in [0.2, 0.25) is 0 Å². The van der Waals surface area contributed by atoms with Crippen molar-refractivity contribution in [2.24, 2.45) is 0 Å². The van der Waals surface area contributed by atoms with E-state index in [-0.39, 0.29) is 23.3 Å². The minimum absolute atomic E-state index is 0.141. The summed E-state index contributed by atoms with van der Waals surface area (Å²) in [5, 5.41) is 10.3. The van der Waals surface area contributed by atoms with Crippen molar-refractivity contribution >= 4 is 17.3 Å². The molecule has 0 aliphatic heterocycles. The first-order chi connectivity index (χ1) is 15.3. The Labute approximate surface area is 187 Å². The van der Waals surface area contributed by atoms with Gasteiger partial charge in [-0.05, 0) is 58.3 Å². The van der Waals surface area contributed by atoms with E-state index in [1.165, 1.54) is 10.9 Å². The minimum atomic E-state index is -0.352. The van der Waals surface area contributed by atoms with Crippen molar-refractivity contribution in [3.8, 4) is 11.4 Å². The van der Waals surface area contributed by atoms with Gasteiger partial charge in [-0.1, -0.05) is 24.3 Å². The topological polar surface area (TPSA) is 88.5 Å². The summed E-state index contributed by atoms with van der Waals surface area (Å²) in [6.07, 6.45) is 1.38. The Bertz CT molecular complexity index is 1110. The molecular weight excluding hydrogens is 406 g/mol. The molecule has 0 unspecified atom stereocenters. The number of carbonyl (C=O) groups excluding carboxylic acids is 1. The maximum absolute atomic E-state index is 13.3. The third kappa shape index (κ3) is 5.95. The van der Waals surface area contributed by atoms with Crippen LogP contribution >= 0.6 is 0 Å². The molecule has 1 aromatic heterocycles. The molecule has 2 N–H and O–H groups in total. The molecule has 0 aliphatic rings. The molecule has 0 aliphatic carbocycles. The fraction of sp³-hybridized carbons (Fsp3) is 0.292. The summed E-state index contributed by atoms with van der Waals surface area (Å²) in [4.78, 5) is 27.8. The number of likely N-dealkylation sites (N-methyl/N-ethyl adjacent to an activating group) is 1. The molecule has 0 atom stereocenters. The summed E-state index contributed by atoms with van der Waals surface area (Å²) in [6, 6.07) is 16.2. The fourth-order valence-electron chi connectivity index (χ4n) is 3.03. The lowest BCUT2D eigenvalue weighted by Gasteiger charge is -2.17. The lowest BCUT2D eigenvalue weighted by molar-refractivity contribution is 0.0951. The Kier molecular flexibility index (Phi) is 7.62. The van der Waals surface area contributed by atoms with Gasteiger partial charge in [-0.2, -0.15) is 9.78 Å². The standard InChI is InChI=1S/C24H29N5O3/c1-17(2)32-21-16-26-29(20-11-6-5-7-12-20)24(31)22(21)27-19-10-8-9-18(15-19)23(30)25-13-14-28(3)4/h5-12,15-17,27H,13-14H2,1-4H3,(H,25,30). The van der Waals surface area contributed by atoms with Crippen molar-refractivity contribution in [1.29, 1.82) is 0 Å². The third-order valence-corrected chi connectivity index (χ3v) is 4.55. The van der Waals surface area contributed by atoms with Crippen LogP contribution in [-0.4, -0.2) is 53.9 Å². The molecule has 3 aromatic rings. The molecule has 0 bridgehead atoms. The summed E-state index contributed by atoms with van der Waals surface area (Å²) in [6.45, 7) is 5.05. The van der Waals surface area contributed by atoms with Gasteiger partial charge in [-0.3, -0.25) is 9.59 Å². The summed E-state index contributed by atoms with van der Waals surface area (Å²) in [5.41, 5.74) is 1.64. The molecule has 3 rings (SSSR count). The number of ether oxygens (including phenoxy) is 1. The number of hydrogen-bond donors (Lipinski definition) is 2. The monoisotopic (exact) mass is 435 g/mol. The van der Waals surface area contributed by atoms with E-state index in [2.05, 4.69) is 15.7 Å². The highest BCUT2D eigenvalue weighted by Crippen LogP contribution is 2.25. The highest BCUT2D eigenvalue weighted by molar-refractivity contribution is 5.95. The number of hydrogen-bond acceptors (Lipinski definition) is 6. The molecule has 2 aromatic carbocycles. The van der Waals surface area contributed by atoms with Crippen molar-refractivity contribution in [3.05, 3.63) is 76.7 Å². The van der Waals surface area contributed by atoms with Crippen LogP contribution in [0.15, 0.2) is 65.6 Å². The second-order valence-corrected chi connectivity index (χ2v) is 7.87. The van der Waals surface area contributed by atoms with Crippen molar-refractivity contribution in [2.75, 3.05) is 32.5 Å². The number of para-hydroxylation sites is 1. The van der Waals surface area contributed by atoms with Gasteiger partial charge in [0, 0.05) is 24.3 Å². The van der Waals surface area contributed by atoms with Gasteiger partial charge in [0.2, 0.25) is 0 Å². The predicted octanol–water partition coefficient (Wildman–Crippen LogP) is 3.05. The zero-order valence-electron chi connectivity index (χ0n) is 18.8. The van der Waals surface area contributed by atoms with Crippen LogP contribution < -0.4 is 20.9 Å². The zero-order valence-corrected chi connectivity index (χ0v) is 18.8. The van der Waals surface area contributed by atoms with E-state index in [0.717, 1.165) is 6.54 Å². The first-order valence-electron chi connectivity index (χ1n) is 10.5. The number of carbonyl (C=O) groups is 1. The van der Waals surface area contributed by atoms with Crippen LogP contribution in [0.4, 0.5) is 11.4 Å². The maximum Gasteiger partial charge on any atom is 0.299 e. The Morgan fingerprint density at radius 1 is 1.12 bits per heavy atom. The lowest BCUT2D eigenvalue weighted by Crippen LogP contribution is -2.31. The molecule has 32 heavy (non-hydrogen) atoms. The van der Waals surface area contributed by atoms with E-state index < -0.39 is 0 Å². The largest absolute Gasteiger partial charge is 0.487 e. The predicted molar refractivity (Wildman–Crippen MR) is 126 cm³/mol. The Morgan fingerprint density at radius 3 is 2.56 bits per heavy atom. The van der Waals surface area contributed by atoms with Crippen LogP contribution in [-0.2, 0) is 0 Å². The van der Waals surface area contributed by atoms with Gasteiger partial charge < -0.3 is 20.3 Å². The summed E-state index contributed by atoms with van der Waals surface area (Å²) < 4.78 is 7.13. The summed E-state index contributed by atoms with van der Waals surface area (Å²) in [5.74, 6) is 0.170. The van der Waals surface area contributed by atoms with Crippen LogP contribution in [0.1, 0.15) is 24.2 Å².